The predicted molar refractivity (Wildman–Crippen MR) is 48.9 cm³/mol. The van der Waals surface area contributed by atoms with Crippen LogP contribution in [-0.4, -0.2) is 37.7 Å². The molecule has 0 amide bonds. The predicted octanol–water partition coefficient (Wildman–Crippen LogP) is 0.466. The summed E-state index contributed by atoms with van der Waals surface area (Å²) < 4.78 is 0.654. The summed E-state index contributed by atoms with van der Waals surface area (Å²) in [5.74, 6) is -1.16. The summed E-state index contributed by atoms with van der Waals surface area (Å²) in [6.07, 6.45) is 0. The van der Waals surface area contributed by atoms with Crippen LogP contribution in [0.3, 0.4) is 0 Å². The highest BCUT2D eigenvalue weighted by Crippen LogP contribution is 2.23. The van der Waals surface area contributed by atoms with Crippen LogP contribution in [0.5, 0.6) is 0 Å². The highest BCUT2D eigenvalue weighted by atomic mass is 32.2. The molecule has 0 aliphatic carbocycles. The van der Waals surface area contributed by atoms with Crippen molar-refractivity contribution in [1.29, 1.82) is 0 Å². The van der Waals surface area contributed by atoms with E-state index < -0.39 is 11.6 Å². The number of carboxylic acids is 1. The molecular formula is C6H8N2O3S2. The lowest BCUT2D eigenvalue weighted by atomic mass is 10.1. The third-order valence-corrected chi connectivity index (χ3v) is 3.44. The second-order valence-electron chi connectivity index (χ2n) is 2.57. The lowest BCUT2D eigenvalue weighted by Gasteiger charge is -2.15. The van der Waals surface area contributed by atoms with Gasteiger partial charge in [0, 0.05) is 5.75 Å². The zero-order valence-electron chi connectivity index (χ0n) is 6.80. The Bertz CT molecular complexity index is 286. The fraction of sp³-hybridized carbons (Fsp3) is 0.500. The van der Waals surface area contributed by atoms with Crippen LogP contribution >= 0.6 is 23.1 Å². The second-order valence-corrected chi connectivity index (χ2v) is 4.63. The number of hydrogen-bond acceptors (Lipinski definition) is 6. The first-order valence-electron chi connectivity index (χ1n) is 3.37. The first-order chi connectivity index (χ1) is 6.02. The summed E-state index contributed by atoms with van der Waals surface area (Å²) in [5.41, 5.74) is -0.159. The van der Waals surface area contributed by atoms with E-state index in [-0.39, 0.29) is 5.75 Å². The molecule has 1 aromatic rings. The van der Waals surface area contributed by atoms with Gasteiger partial charge in [-0.05, 0) is 6.92 Å². The summed E-state index contributed by atoms with van der Waals surface area (Å²) in [7, 11) is 0. The normalized spacial score (nSPS) is 15.2. The molecule has 1 aromatic heterocycles. The van der Waals surface area contributed by atoms with Crippen LogP contribution < -0.4 is 0 Å². The summed E-state index contributed by atoms with van der Waals surface area (Å²) in [5, 5.41) is 25.2. The van der Waals surface area contributed by atoms with Crippen LogP contribution in [0.15, 0.2) is 9.85 Å². The first kappa shape index (κ1) is 10.4. The molecule has 0 fully saturated rings. The smallest absolute Gasteiger partial charge is 0.336 e. The minimum absolute atomic E-state index is 0.0670. The maximum absolute atomic E-state index is 10.5. The second kappa shape index (κ2) is 4.03. The molecule has 0 aliphatic rings. The minimum Gasteiger partial charge on any atom is -0.479 e. The van der Waals surface area contributed by atoms with Crippen LogP contribution in [-0.2, 0) is 4.79 Å². The van der Waals surface area contributed by atoms with Gasteiger partial charge in [-0.1, -0.05) is 23.1 Å². The molecule has 0 bridgehead atoms. The van der Waals surface area contributed by atoms with Gasteiger partial charge in [0.2, 0.25) is 0 Å². The van der Waals surface area contributed by atoms with Crippen molar-refractivity contribution in [3.63, 3.8) is 0 Å². The van der Waals surface area contributed by atoms with E-state index in [2.05, 4.69) is 10.2 Å². The van der Waals surface area contributed by atoms with Crippen LogP contribution in [0.25, 0.3) is 0 Å². The van der Waals surface area contributed by atoms with Crippen molar-refractivity contribution in [2.24, 2.45) is 0 Å². The molecule has 7 heteroatoms. The van der Waals surface area contributed by atoms with Crippen molar-refractivity contribution in [1.82, 2.24) is 10.2 Å². The molecule has 0 aromatic carbocycles. The van der Waals surface area contributed by atoms with E-state index in [1.807, 2.05) is 0 Å². The lowest BCUT2D eigenvalue weighted by Crippen LogP contribution is -2.37. The molecule has 0 spiro atoms. The van der Waals surface area contributed by atoms with Crippen LogP contribution in [0.4, 0.5) is 0 Å². The molecule has 1 atom stereocenters. The summed E-state index contributed by atoms with van der Waals surface area (Å²) in [6.45, 7) is 1.25. The number of aromatic nitrogens is 2. The standard InChI is InChI=1S/C6H8N2O3S2/c1-6(11,4(9)10)2-12-5-8-7-3-13-5/h3,11H,2H2,1H3,(H,9,10). The molecule has 0 aliphatic heterocycles. The van der Waals surface area contributed by atoms with E-state index in [1.165, 1.54) is 30.0 Å². The molecule has 1 rings (SSSR count). The van der Waals surface area contributed by atoms with Gasteiger partial charge in [-0.25, -0.2) is 4.79 Å². The SMILES string of the molecule is CC(O)(CSc1nncs1)C(=O)O. The topological polar surface area (TPSA) is 83.3 Å². The molecule has 72 valence electrons. The fourth-order valence-corrected chi connectivity index (χ4v) is 1.98. The number of hydrogen-bond donors (Lipinski definition) is 2. The Morgan fingerprint density at radius 2 is 2.54 bits per heavy atom. The number of rotatable bonds is 4. The molecule has 5 nitrogen and oxygen atoms in total. The molecule has 0 saturated heterocycles. The van der Waals surface area contributed by atoms with Gasteiger partial charge in [0.25, 0.3) is 0 Å². The zero-order chi connectivity index (χ0) is 9.90. The maximum Gasteiger partial charge on any atom is 0.336 e. The fourth-order valence-electron chi connectivity index (χ4n) is 0.490. The van der Waals surface area contributed by atoms with Crippen LogP contribution in [0, 0.1) is 0 Å². The van der Waals surface area contributed by atoms with Gasteiger partial charge in [0.1, 0.15) is 5.51 Å². The van der Waals surface area contributed by atoms with E-state index in [1.54, 1.807) is 5.51 Å². The third kappa shape index (κ3) is 2.94. The number of carbonyl (C=O) groups is 1. The van der Waals surface area contributed by atoms with Crippen molar-refractivity contribution in [3.05, 3.63) is 5.51 Å². The Kier molecular flexibility index (Phi) is 3.23. The highest BCUT2D eigenvalue weighted by Gasteiger charge is 2.30. The van der Waals surface area contributed by atoms with Crippen molar-refractivity contribution in [3.8, 4) is 0 Å². The van der Waals surface area contributed by atoms with Crippen LogP contribution in [0.2, 0.25) is 0 Å². The molecule has 13 heavy (non-hydrogen) atoms. The van der Waals surface area contributed by atoms with E-state index in [0.717, 1.165) is 0 Å². The largest absolute Gasteiger partial charge is 0.479 e. The molecule has 2 N–H and O–H groups in total. The van der Waals surface area contributed by atoms with Crippen LogP contribution in [0.1, 0.15) is 6.92 Å². The van der Waals surface area contributed by atoms with Crippen molar-refractivity contribution in [2.75, 3.05) is 5.75 Å². The number of nitrogens with zero attached hydrogens (tertiary/aromatic N) is 2. The first-order valence-corrected chi connectivity index (χ1v) is 5.23. The summed E-state index contributed by atoms with van der Waals surface area (Å²) in [6, 6.07) is 0. The number of thioether (sulfide) groups is 1. The van der Waals surface area contributed by atoms with Crippen molar-refractivity contribution >= 4 is 29.1 Å². The van der Waals surface area contributed by atoms with Crippen molar-refractivity contribution in [2.45, 2.75) is 16.9 Å². The summed E-state index contributed by atoms with van der Waals surface area (Å²) in [4.78, 5) is 10.5. The molecular weight excluding hydrogens is 212 g/mol. The number of carboxylic acid groups (broad SMARTS) is 1. The van der Waals surface area contributed by atoms with Gasteiger partial charge >= 0.3 is 5.97 Å². The van der Waals surface area contributed by atoms with Gasteiger partial charge in [-0.15, -0.1) is 10.2 Å². The molecule has 0 radical (unpaired) electrons. The quantitative estimate of drug-likeness (QED) is 0.717. The van der Waals surface area contributed by atoms with E-state index in [9.17, 15) is 9.90 Å². The van der Waals surface area contributed by atoms with E-state index >= 15 is 0 Å². The Morgan fingerprint density at radius 1 is 1.85 bits per heavy atom. The molecule has 0 saturated carbocycles. The Morgan fingerprint density at radius 3 is 3.00 bits per heavy atom. The number of aliphatic carboxylic acids is 1. The maximum atomic E-state index is 10.5. The van der Waals surface area contributed by atoms with Gasteiger partial charge in [-0.2, -0.15) is 0 Å². The molecule has 1 unspecified atom stereocenters. The van der Waals surface area contributed by atoms with E-state index in [4.69, 9.17) is 5.11 Å². The monoisotopic (exact) mass is 220 g/mol. The Balaban J connectivity index is 2.47. The number of aliphatic hydroxyl groups is 1. The van der Waals surface area contributed by atoms with Gasteiger partial charge in [-0.3, -0.25) is 0 Å². The lowest BCUT2D eigenvalue weighted by molar-refractivity contribution is -0.154. The molecule has 1 heterocycles. The highest BCUT2D eigenvalue weighted by molar-refractivity contribution is 8.01. The van der Waals surface area contributed by atoms with Gasteiger partial charge < -0.3 is 10.2 Å². The third-order valence-electron chi connectivity index (χ3n) is 1.28. The van der Waals surface area contributed by atoms with Crippen molar-refractivity contribution < 1.29 is 15.0 Å². The average molecular weight is 220 g/mol. The Hall–Kier alpha value is -0.660. The average Bonchev–Trinajstić information content (AvgIpc) is 2.52. The van der Waals surface area contributed by atoms with Gasteiger partial charge in [0.15, 0.2) is 9.94 Å². The minimum atomic E-state index is -1.71. The van der Waals surface area contributed by atoms with E-state index in [0.29, 0.717) is 4.34 Å². The Labute approximate surface area is 82.8 Å². The zero-order valence-corrected chi connectivity index (χ0v) is 8.43. The van der Waals surface area contributed by atoms with Gasteiger partial charge in [0.05, 0.1) is 0 Å². The summed E-state index contributed by atoms with van der Waals surface area (Å²) >= 11 is 2.49.